The lowest BCUT2D eigenvalue weighted by Gasteiger charge is -2.07. The molecule has 2 aromatic carbocycles. The first-order valence-electron chi connectivity index (χ1n) is 6.94. The maximum Gasteiger partial charge on any atom is 0.322 e. The van der Waals surface area contributed by atoms with Gasteiger partial charge in [-0.1, -0.05) is 35.9 Å². The van der Waals surface area contributed by atoms with Gasteiger partial charge in [0.1, 0.15) is 0 Å². The minimum atomic E-state index is -0.516. The average molecular weight is 344 g/mol. The Hall–Kier alpha value is -2.99. The summed E-state index contributed by atoms with van der Waals surface area (Å²) in [7, 11) is 0. The van der Waals surface area contributed by atoms with Crippen LogP contribution in [-0.4, -0.2) is 15.9 Å². The predicted molar refractivity (Wildman–Crippen MR) is 87.9 cm³/mol. The second-order valence-electron chi connectivity index (χ2n) is 4.72. The Morgan fingerprint density at radius 2 is 1.71 bits per heavy atom. The van der Waals surface area contributed by atoms with Gasteiger partial charge >= 0.3 is 6.01 Å². The molecule has 5 nitrogen and oxygen atoms in total. The maximum absolute atomic E-state index is 13.5. The van der Waals surface area contributed by atoms with Crippen molar-refractivity contribution < 1.29 is 13.9 Å². The number of rotatable bonds is 4. The number of benzene rings is 2. The first-order chi connectivity index (χ1) is 11.6. The number of anilines is 1. The molecule has 24 heavy (non-hydrogen) atoms. The zero-order valence-corrected chi connectivity index (χ0v) is 13.0. The first kappa shape index (κ1) is 15.9. The number of halogens is 2. The van der Waals surface area contributed by atoms with Crippen LogP contribution in [0.1, 0.15) is 10.4 Å². The van der Waals surface area contributed by atoms with Crippen LogP contribution in [0.3, 0.4) is 0 Å². The molecule has 1 heterocycles. The summed E-state index contributed by atoms with van der Waals surface area (Å²) in [6.07, 6.45) is 2.72. The number of nitrogens with one attached hydrogen (secondary N) is 1. The highest BCUT2D eigenvalue weighted by molar-refractivity contribution is 6.34. The van der Waals surface area contributed by atoms with Crippen molar-refractivity contribution in [2.24, 2.45) is 0 Å². The molecular formula is C17H11ClFN3O2. The van der Waals surface area contributed by atoms with E-state index in [0.717, 1.165) is 0 Å². The van der Waals surface area contributed by atoms with Crippen LogP contribution in [0.5, 0.6) is 11.8 Å². The molecule has 0 aliphatic rings. The Kier molecular flexibility index (Phi) is 4.67. The molecule has 3 rings (SSSR count). The van der Waals surface area contributed by atoms with Crippen molar-refractivity contribution in [2.75, 3.05) is 5.32 Å². The molecule has 0 bridgehead atoms. The van der Waals surface area contributed by atoms with Gasteiger partial charge in [0.15, 0.2) is 11.6 Å². The molecule has 0 atom stereocenters. The van der Waals surface area contributed by atoms with Gasteiger partial charge < -0.3 is 10.1 Å². The van der Waals surface area contributed by atoms with Crippen LogP contribution < -0.4 is 10.1 Å². The van der Waals surface area contributed by atoms with E-state index in [2.05, 4.69) is 15.3 Å². The van der Waals surface area contributed by atoms with Gasteiger partial charge in [0, 0.05) is 0 Å². The Labute approximate surface area is 142 Å². The highest BCUT2D eigenvalue weighted by Crippen LogP contribution is 2.22. The van der Waals surface area contributed by atoms with Crippen LogP contribution in [0.2, 0.25) is 5.02 Å². The Morgan fingerprint density at radius 1 is 1.04 bits per heavy atom. The van der Waals surface area contributed by atoms with Gasteiger partial charge in [0.05, 0.1) is 28.7 Å². The van der Waals surface area contributed by atoms with Gasteiger partial charge in [-0.25, -0.2) is 14.4 Å². The lowest BCUT2D eigenvalue weighted by atomic mass is 10.2. The molecule has 0 fully saturated rings. The summed E-state index contributed by atoms with van der Waals surface area (Å²) < 4.78 is 18.7. The maximum atomic E-state index is 13.5. The predicted octanol–water partition coefficient (Wildman–Crippen LogP) is 4.31. The number of hydrogen-bond acceptors (Lipinski definition) is 4. The summed E-state index contributed by atoms with van der Waals surface area (Å²) in [4.78, 5) is 20.0. The van der Waals surface area contributed by atoms with Crippen LogP contribution in [0.4, 0.5) is 10.1 Å². The van der Waals surface area contributed by atoms with E-state index in [-0.39, 0.29) is 17.7 Å². The molecule has 1 aromatic heterocycles. The molecule has 0 spiro atoms. The van der Waals surface area contributed by atoms with Crippen molar-refractivity contribution >= 4 is 23.2 Å². The topological polar surface area (TPSA) is 64.1 Å². The van der Waals surface area contributed by atoms with Crippen molar-refractivity contribution in [2.45, 2.75) is 0 Å². The van der Waals surface area contributed by atoms with Crippen LogP contribution in [0, 0.1) is 5.82 Å². The summed E-state index contributed by atoms with van der Waals surface area (Å²) >= 11 is 5.97. The largest absolute Gasteiger partial charge is 0.421 e. The van der Waals surface area contributed by atoms with Gasteiger partial charge in [0.2, 0.25) is 0 Å². The third-order valence-electron chi connectivity index (χ3n) is 3.04. The van der Waals surface area contributed by atoms with Gasteiger partial charge in [0.25, 0.3) is 5.91 Å². The molecule has 120 valence electrons. The molecular weight excluding hydrogens is 333 g/mol. The summed E-state index contributed by atoms with van der Waals surface area (Å²) in [5.41, 5.74) is 0.701. The first-order valence-corrected chi connectivity index (χ1v) is 7.31. The Morgan fingerprint density at radius 3 is 2.42 bits per heavy atom. The van der Waals surface area contributed by atoms with Gasteiger partial charge in [-0.15, -0.1) is 0 Å². The Balaban J connectivity index is 1.70. The molecule has 1 N–H and O–H groups in total. The van der Waals surface area contributed by atoms with E-state index in [0.29, 0.717) is 16.3 Å². The second-order valence-corrected chi connectivity index (χ2v) is 5.13. The summed E-state index contributed by atoms with van der Waals surface area (Å²) in [5.74, 6) is -0.880. The van der Waals surface area contributed by atoms with Gasteiger partial charge in [-0.3, -0.25) is 4.79 Å². The van der Waals surface area contributed by atoms with Crippen molar-refractivity contribution in [1.29, 1.82) is 0 Å². The molecule has 0 unspecified atom stereocenters. The van der Waals surface area contributed by atoms with Crippen molar-refractivity contribution in [3.8, 4) is 11.8 Å². The van der Waals surface area contributed by atoms with Crippen molar-refractivity contribution in [1.82, 2.24) is 9.97 Å². The number of aromatic nitrogens is 2. The monoisotopic (exact) mass is 343 g/mol. The van der Waals surface area contributed by atoms with Crippen LogP contribution in [0.15, 0.2) is 60.9 Å². The fraction of sp³-hybridized carbons (Fsp3) is 0. The molecule has 3 aromatic rings. The number of ether oxygens (including phenoxy) is 1. The van der Waals surface area contributed by atoms with E-state index in [1.807, 2.05) is 0 Å². The molecule has 0 saturated carbocycles. The number of amides is 1. The van der Waals surface area contributed by atoms with Crippen LogP contribution in [0.25, 0.3) is 0 Å². The fourth-order valence-electron chi connectivity index (χ4n) is 1.90. The quantitative estimate of drug-likeness (QED) is 0.766. The third kappa shape index (κ3) is 3.67. The SMILES string of the molecule is O=C(Nc1cnc(Oc2ccccc2F)nc1)c1ccccc1Cl. The molecule has 7 heteroatoms. The normalized spacial score (nSPS) is 10.2. The number of hydrogen-bond donors (Lipinski definition) is 1. The zero-order chi connectivity index (χ0) is 16.9. The van der Waals surface area contributed by atoms with E-state index in [1.54, 1.807) is 36.4 Å². The highest BCUT2D eigenvalue weighted by Gasteiger charge is 2.11. The van der Waals surface area contributed by atoms with Crippen molar-refractivity contribution in [3.63, 3.8) is 0 Å². The van der Waals surface area contributed by atoms with E-state index >= 15 is 0 Å². The molecule has 0 radical (unpaired) electrons. The van der Waals surface area contributed by atoms with E-state index < -0.39 is 5.82 Å². The summed E-state index contributed by atoms with van der Waals surface area (Å²) in [5, 5.41) is 2.97. The van der Waals surface area contributed by atoms with E-state index in [4.69, 9.17) is 16.3 Å². The minimum absolute atomic E-state index is 0.0188. The smallest absolute Gasteiger partial charge is 0.322 e. The number of para-hydroxylation sites is 1. The van der Waals surface area contributed by atoms with Gasteiger partial charge in [-0.05, 0) is 24.3 Å². The van der Waals surface area contributed by atoms with E-state index in [1.165, 1.54) is 24.5 Å². The second kappa shape index (κ2) is 7.06. The lowest BCUT2D eigenvalue weighted by Crippen LogP contribution is -2.12. The standard InChI is InChI=1S/C17H11ClFN3O2/c18-13-6-2-1-5-12(13)16(23)22-11-9-20-17(21-10-11)24-15-8-4-3-7-14(15)19/h1-10H,(H,22,23). The molecule has 0 saturated heterocycles. The highest BCUT2D eigenvalue weighted by atomic mass is 35.5. The summed E-state index contributed by atoms with van der Waals surface area (Å²) in [6.45, 7) is 0. The van der Waals surface area contributed by atoms with Crippen LogP contribution in [-0.2, 0) is 0 Å². The minimum Gasteiger partial charge on any atom is -0.421 e. The van der Waals surface area contributed by atoms with E-state index in [9.17, 15) is 9.18 Å². The molecule has 1 amide bonds. The lowest BCUT2D eigenvalue weighted by molar-refractivity contribution is 0.102. The third-order valence-corrected chi connectivity index (χ3v) is 3.37. The molecule has 0 aliphatic heterocycles. The molecule has 0 aliphatic carbocycles. The average Bonchev–Trinajstić information content (AvgIpc) is 2.59. The summed E-state index contributed by atoms with van der Waals surface area (Å²) in [6, 6.07) is 12.6. The number of carbonyl (C=O) groups is 1. The number of carbonyl (C=O) groups excluding carboxylic acids is 1. The number of nitrogens with zero attached hydrogens (tertiary/aromatic N) is 2. The van der Waals surface area contributed by atoms with Crippen LogP contribution >= 0.6 is 11.6 Å². The zero-order valence-electron chi connectivity index (χ0n) is 12.2. The Bertz CT molecular complexity index is 872. The van der Waals surface area contributed by atoms with Crippen molar-refractivity contribution in [3.05, 3.63) is 77.3 Å². The van der Waals surface area contributed by atoms with Gasteiger partial charge in [-0.2, -0.15) is 0 Å². The fourth-order valence-corrected chi connectivity index (χ4v) is 2.12.